The average molecular weight is 1360 g/mol. The summed E-state index contributed by atoms with van der Waals surface area (Å²) in [6.07, 6.45) is 79.9. The first-order valence-electron chi connectivity index (χ1n) is 39.3. The molecule has 1 amide bonds. The molecular formula is C83H143NO13. The Kier molecular flexibility index (Phi) is 60.6. The largest absolute Gasteiger partial charge is 0.394 e. The van der Waals surface area contributed by atoms with Crippen LogP contribution in [-0.4, -0.2) is 140 Å². The third-order valence-corrected chi connectivity index (χ3v) is 18.4. The zero-order valence-electron chi connectivity index (χ0n) is 61.0. The van der Waals surface area contributed by atoms with Crippen molar-refractivity contribution in [3.8, 4) is 0 Å². The molecule has 12 atom stereocenters. The number of aliphatic hydroxyl groups excluding tert-OH is 8. The molecule has 2 heterocycles. The van der Waals surface area contributed by atoms with E-state index in [4.69, 9.17) is 18.9 Å². The molecule has 2 fully saturated rings. The lowest BCUT2D eigenvalue weighted by Gasteiger charge is -2.46. The highest BCUT2D eigenvalue weighted by Gasteiger charge is 2.51. The first kappa shape index (κ1) is 89.5. The molecule has 0 radical (unpaired) electrons. The van der Waals surface area contributed by atoms with Crippen molar-refractivity contribution in [1.82, 2.24) is 5.32 Å². The number of hydrogen-bond donors (Lipinski definition) is 9. The maximum atomic E-state index is 13.4. The van der Waals surface area contributed by atoms with E-state index in [1.807, 2.05) is 6.08 Å². The topological polar surface area (TPSA) is 228 Å². The van der Waals surface area contributed by atoms with Crippen LogP contribution in [0.2, 0.25) is 0 Å². The fraction of sp³-hybridized carbons (Fsp3) is 0.747. The molecule has 2 aliphatic rings. The second-order valence-corrected chi connectivity index (χ2v) is 27.1. The Balaban J connectivity index is 1.67. The van der Waals surface area contributed by atoms with Crippen LogP contribution < -0.4 is 5.32 Å². The van der Waals surface area contributed by atoms with Crippen LogP contribution in [0.4, 0.5) is 0 Å². The van der Waals surface area contributed by atoms with Gasteiger partial charge < -0.3 is 65.1 Å². The van der Waals surface area contributed by atoms with E-state index in [1.54, 1.807) is 6.08 Å². The van der Waals surface area contributed by atoms with Gasteiger partial charge in [0.25, 0.3) is 0 Å². The van der Waals surface area contributed by atoms with E-state index in [0.717, 1.165) is 103 Å². The smallest absolute Gasteiger partial charge is 0.220 e. The lowest BCUT2D eigenvalue weighted by atomic mass is 9.97. The molecule has 0 aromatic carbocycles. The number of amides is 1. The number of unbranched alkanes of at least 4 members (excludes halogenated alkanes) is 33. The molecule has 12 unspecified atom stereocenters. The Bertz CT molecular complexity index is 2100. The van der Waals surface area contributed by atoms with Gasteiger partial charge in [0.2, 0.25) is 5.91 Å². The van der Waals surface area contributed by atoms with Gasteiger partial charge in [-0.2, -0.15) is 0 Å². The Morgan fingerprint density at radius 2 is 0.722 bits per heavy atom. The molecule has 0 aliphatic carbocycles. The highest BCUT2D eigenvalue weighted by Crippen LogP contribution is 2.30. The number of hydrogen-bond acceptors (Lipinski definition) is 13. The van der Waals surface area contributed by atoms with Crippen LogP contribution in [0.15, 0.2) is 122 Å². The van der Waals surface area contributed by atoms with Crippen molar-refractivity contribution in [2.75, 3.05) is 19.8 Å². The third kappa shape index (κ3) is 48.8. The summed E-state index contributed by atoms with van der Waals surface area (Å²) < 4.78 is 22.9. The first-order valence-corrected chi connectivity index (χ1v) is 39.3. The summed E-state index contributed by atoms with van der Waals surface area (Å²) in [5.41, 5.74) is 0. The van der Waals surface area contributed by atoms with Crippen LogP contribution in [0, 0.1) is 0 Å². The van der Waals surface area contributed by atoms with E-state index >= 15 is 0 Å². The van der Waals surface area contributed by atoms with Crippen LogP contribution in [0.5, 0.6) is 0 Å². The minimum atomic E-state index is -1.80. The van der Waals surface area contributed by atoms with Crippen LogP contribution in [0.25, 0.3) is 0 Å². The molecule has 97 heavy (non-hydrogen) atoms. The van der Waals surface area contributed by atoms with Crippen LogP contribution in [-0.2, 0) is 23.7 Å². The Hall–Kier alpha value is -3.61. The molecule has 14 nitrogen and oxygen atoms in total. The van der Waals surface area contributed by atoms with E-state index in [9.17, 15) is 45.6 Å². The van der Waals surface area contributed by atoms with Crippen molar-refractivity contribution in [3.05, 3.63) is 122 Å². The molecule has 0 aromatic heterocycles. The quantitative estimate of drug-likeness (QED) is 0.0204. The normalized spacial score (nSPS) is 22.8. The summed E-state index contributed by atoms with van der Waals surface area (Å²) in [6, 6.07) is -0.953. The molecule has 2 rings (SSSR count). The van der Waals surface area contributed by atoms with Crippen molar-refractivity contribution in [1.29, 1.82) is 0 Å². The lowest BCUT2D eigenvalue weighted by molar-refractivity contribution is -0.359. The standard InChI is InChI=1S/C83H143NO13/c1-3-5-7-9-11-13-15-17-19-21-23-25-27-29-31-33-35-37-38-40-42-44-46-48-50-52-54-56-58-60-62-64-66-72(87)71(70-94-82-80(93)78(91)81(74(69-86)96-82)97-83-79(92)77(90)76(89)73(68-85)95-83)84-75(88)67-65-63-61-59-57-55-53-51-49-47-45-43-41-39-36-34-32-30-28-26-24-22-20-18-16-14-12-10-8-6-4-2/h6,8,12,14,18,20,24,26,30,32,36,39,43,45,48,50,56,58,64,66,71-74,76-83,85-87,89-93H,3-5,7,9-11,13,15-17,19,21-23,25,27-29,31,33-35,37-38,40-42,44,46-47,49,51-55,57,59-63,65,67-70H2,1-2H3,(H,84,88)/b8-6-,14-12-,20-18-,26-24-,32-30-,39-36-,45-43-,50-48+,58-56+,66-64+. The van der Waals surface area contributed by atoms with Gasteiger partial charge in [-0.05, 0) is 103 Å². The minimum Gasteiger partial charge on any atom is -0.394 e. The van der Waals surface area contributed by atoms with Gasteiger partial charge in [0.05, 0.1) is 32.0 Å². The Morgan fingerprint density at radius 1 is 0.381 bits per heavy atom. The predicted molar refractivity (Wildman–Crippen MR) is 401 cm³/mol. The van der Waals surface area contributed by atoms with Crippen LogP contribution >= 0.6 is 0 Å². The van der Waals surface area contributed by atoms with Gasteiger partial charge in [-0.1, -0.05) is 315 Å². The molecule has 558 valence electrons. The highest BCUT2D eigenvalue weighted by molar-refractivity contribution is 5.76. The van der Waals surface area contributed by atoms with E-state index in [-0.39, 0.29) is 18.9 Å². The van der Waals surface area contributed by atoms with Crippen molar-refractivity contribution < 1.29 is 64.6 Å². The third-order valence-electron chi connectivity index (χ3n) is 18.4. The molecule has 2 aliphatic heterocycles. The predicted octanol–water partition coefficient (Wildman–Crippen LogP) is 17.6. The van der Waals surface area contributed by atoms with Gasteiger partial charge in [0, 0.05) is 6.42 Å². The molecule has 0 aromatic rings. The van der Waals surface area contributed by atoms with Gasteiger partial charge in [-0.15, -0.1) is 0 Å². The molecule has 9 N–H and O–H groups in total. The van der Waals surface area contributed by atoms with Crippen LogP contribution in [0.3, 0.4) is 0 Å². The Labute approximate surface area is 590 Å². The van der Waals surface area contributed by atoms with Crippen molar-refractivity contribution in [2.45, 2.75) is 376 Å². The zero-order valence-corrected chi connectivity index (χ0v) is 61.0. The monoisotopic (exact) mass is 1360 g/mol. The van der Waals surface area contributed by atoms with E-state index in [2.05, 4.69) is 129 Å². The number of allylic oxidation sites excluding steroid dienone is 19. The summed E-state index contributed by atoms with van der Waals surface area (Å²) in [5.74, 6) is -0.262. The second-order valence-electron chi connectivity index (χ2n) is 27.1. The number of ether oxygens (including phenoxy) is 4. The van der Waals surface area contributed by atoms with Crippen molar-refractivity contribution in [2.24, 2.45) is 0 Å². The number of carbonyl (C=O) groups excluding carboxylic acids is 1. The highest BCUT2D eigenvalue weighted by atomic mass is 16.7. The lowest BCUT2D eigenvalue weighted by Crippen LogP contribution is -2.65. The molecule has 0 bridgehead atoms. The summed E-state index contributed by atoms with van der Waals surface area (Å²) >= 11 is 0. The minimum absolute atomic E-state index is 0.255. The maximum absolute atomic E-state index is 13.4. The first-order chi connectivity index (χ1) is 47.6. The maximum Gasteiger partial charge on any atom is 0.220 e. The molecule has 14 heteroatoms. The van der Waals surface area contributed by atoms with Gasteiger partial charge in [-0.3, -0.25) is 4.79 Å². The van der Waals surface area contributed by atoms with Crippen LogP contribution in [0.1, 0.15) is 303 Å². The molecule has 2 saturated heterocycles. The fourth-order valence-electron chi connectivity index (χ4n) is 12.2. The van der Waals surface area contributed by atoms with Crippen molar-refractivity contribution >= 4 is 5.91 Å². The van der Waals surface area contributed by atoms with Gasteiger partial charge in [0.15, 0.2) is 12.6 Å². The number of aliphatic hydroxyl groups is 8. The van der Waals surface area contributed by atoms with Crippen molar-refractivity contribution in [3.63, 3.8) is 0 Å². The number of nitrogens with one attached hydrogen (secondary N) is 1. The summed E-state index contributed by atoms with van der Waals surface area (Å²) in [6.45, 7) is 2.68. The number of rotatable bonds is 64. The average Bonchev–Trinajstić information content (AvgIpc) is 0.794. The SMILES string of the molecule is CC/C=C\C/C=C\C/C=C\C/C=C\C/C=C\C/C=C\C/C=C\CCCCCCCCCCCC(=O)NC(COC1OC(CO)C(OC2OC(CO)C(O)C(O)C2O)C(O)C1O)C(O)/C=C/CC/C=C/CC/C=C/CCCCCCCCCCCCCCCCCCCCCCCC. The number of carbonyl (C=O) groups is 1. The van der Waals surface area contributed by atoms with Gasteiger partial charge in [-0.25, -0.2) is 0 Å². The van der Waals surface area contributed by atoms with E-state index in [0.29, 0.717) is 12.8 Å². The summed E-state index contributed by atoms with van der Waals surface area (Å²) in [4.78, 5) is 13.4. The summed E-state index contributed by atoms with van der Waals surface area (Å²) in [5, 5.41) is 87.6. The molecule has 0 spiro atoms. The van der Waals surface area contributed by atoms with Gasteiger partial charge in [0.1, 0.15) is 48.8 Å². The second kappa shape index (κ2) is 65.7. The zero-order chi connectivity index (χ0) is 70.1. The van der Waals surface area contributed by atoms with E-state index < -0.39 is 86.8 Å². The molecule has 0 saturated carbocycles. The van der Waals surface area contributed by atoms with E-state index in [1.165, 1.54) is 167 Å². The summed E-state index contributed by atoms with van der Waals surface area (Å²) in [7, 11) is 0. The fourth-order valence-corrected chi connectivity index (χ4v) is 12.2. The molecular weight excluding hydrogens is 1220 g/mol. The van der Waals surface area contributed by atoms with Gasteiger partial charge >= 0.3 is 0 Å². The Morgan fingerprint density at radius 3 is 1.13 bits per heavy atom.